The molecule has 0 saturated heterocycles. The lowest BCUT2D eigenvalue weighted by atomic mass is 10.1. The van der Waals surface area contributed by atoms with Gasteiger partial charge >= 0.3 is 0 Å². The molecular weight excluding hydrogens is 420 g/mol. The average Bonchev–Trinajstić information content (AvgIpc) is 3.15. The van der Waals surface area contributed by atoms with E-state index in [1.54, 1.807) is 13.1 Å². The van der Waals surface area contributed by atoms with Gasteiger partial charge in [0.25, 0.3) is 5.91 Å². The van der Waals surface area contributed by atoms with Crippen molar-refractivity contribution in [3.8, 4) is 11.3 Å². The number of para-hydroxylation sites is 1. The zero-order chi connectivity index (χ0) is 20.3. The number of nitrogens with one attached hydrogen (secondary N) is 2. The summed E-state index contributed by atoms with van der Waals surface area (Å²) in [5, 5.41) is 9.85. The maximum atomic E-state index is 12.6. The van der Waals surface area contributed by atoms with E-state index in [9.17, 15) is 9.59 Å². The van der Waals surface area contributed by atoms with Crippen LogP contribution in [0.15, 0.2) is 53.0 Å². The zero-order valence-corrected chi connectivity index (χ0v) is 17.5. The molecule has 0 aliphatic heterocycles. The van der Waals surface area contributed by atoms with Gasteiger partial charge in [-0.25, -0.2) is 0 Å². The van der Waals surface area contributed by atoms with Gasteiger partial charge in [-0.2, -0.15) is 5.10 Å². The molecule has 1 aromatic heterocycles. The minimum Gasteiger partial charge on any atom is -0.331 e. The third kappa shape index (κ3) is 4.48. The largest absolute Gasteiger partial charge is 0.331 e. The van der Waals surface area contributed by atoms with Crippen molar-refractivity contribution < 1.29 is 9.59 Å². The van der Waals surface area contributed by atoms with E-state index in [0.717, 1.165) is 26.9 Å². The SMILES string of the molecule is Cc1cccc(C)c1NC(=O)CN(C)C(=O)c1cc(-c2ccc(Br)cc2)n[nH]1. The van der Waals surface area contributed by atoms with Crippen LogP contribution < -0.4 is 5.32 Å². The van der Waals surface area contributed by atoms with E-state index in [1.165, 1.54) is 4.90 Å². The molecule has 0 radical (unpaired) electrons. The van der Waals surface area contributed by atoms with E-state index >= 15 is 0 Å². The van der Waals surface area contributed by atoms with E-state index < -0.39 is 0 Å². The predicted octanol–water partition coefficient (Wildman–Crippen LogP) is 4.17. The van der Waals surface area contributed by atoms with Crippen molar-refractivity contribution in [2.45, 2.75) is 13.8 Å². The first-order valence-electron chi connectivity index (χ1n) is 8.78. The van der Waals surface area contributed by atoms with Crippen molar-refractivity contribution in [2.75, 3.05) is 18.9 Å². The lowest BCUT2D eigenvalue weighted by molar-refractivity contribution is -0.116. The Morgan fingerprint density at radius 2 is 1.75 bits per heavy atom. The number of aryl methyl sites for hydroxylation is 2. The molecule has 0 aliphatic carbocycles. The number of carbonyl (C=O) groups excluding carboxylic acids is 2. The van der Waals surface area contributed by atoms with Gasteiger partial charge in [-0.1, -0.05) is 46.3 Å². The molecular formula is C21H21BrN4O2. The summed E-state index contributed by atoms with van der Waals surface area (Å²) in [6.07, 6.45) is 0. The molecule has 3 aromatic rings. The highest BCUT2D eigenvalue weighted by Gasteiger charge is 2.18. The number of H-pyrrole nitrogens is 1. The molecule has 0 aliphatic rings. The fourth-order valence-corrected chi connectivity index (χ4v) is 3.15. The van der Waals surface area contributed by atoms with Crippen LogP contribution in [0.5, 0.6) is 0 Å². The third-order valence-corrected chi connectivity index (χ3v) is 4.95. The van der Waals surface area contributed by atoms with E-state index in [-0.39, 0.29) is 18.4 Å². The lowest BCUT2D eigenvalue weighted by Gasteiger charge is -2.17. The second-order valence-electron chi connectivity index (χ2n) is 6.65. The number of likely N-dealkylation sites (N-methyl/N-ethyl adjacent to an activating group) is 1. The number of halogens is 1. The molecule has 3 rings (SSSR count). The molecule has 28 heavy (non-hydrogen) atoms. The third-order valence-electron chi connectivity index (χ3n) is 4.42. The first-order chi connectivity index (χ1) is 13.3. The number of hydrogen-bond acceptors (Lipinski definition) is 3. The Balaban J connectivity index is 1.66. The zero-order valence-electron chi connectivity index (χ0n) is 15.9. The van der Waals surface area contributed by atoms with Gasteiger partial charge < -0.3 is 10.2 Å². The van der Waals surface area contributed by atoms with E-state index in [4.69, 9.17) is 0 Å². The summed E-state index contributed by atoms with van der Waals surface area (Å²) in [4.78, 5) is 26.4. The number of aromatic amines is 1. The lowest BCUT2D eigenvalue weighted by Crippen LogP contribution is -2.35. The van der Waals surface area contributed by atoms with Gasteiger partial charge in [0.1, 0.15) is 5.69 Å². The van der Waals surface area contributed by atoms with Crippen LogP contribution in [-0.4, -0.2) is 40.5 Å². The van der Waals surface area contributed by atoms with Crippen LogP contribution in [0.25, 0.3) is 11.3 Å². The molecule has 7 heteroatoms. The van der Waals surface area contributed by atoms with Gasteiger partial charge in [-0.3, -0.25) is 14.7 Å². The molecule has 0 bridgehead atoms. The predicted molar refractivity (Wildman–Crippen MR) is 113 cm³/mol. The molecule has 2 N–H and O–H groups in total. The van der Waals surface area contributed by atoms with Crippen LogP contribution in [0.2, 0.25) is 0 Å². The average molecular weight is 441 g/mol. The molecule has 6 nitrogen and oxygen atoms in total. The maximum Gasteiger partial charge on any atom is 0.272 e. The van der Waals surface area contributed by atoms with E-state index in [2.05, 4.69) is 31.4 Å². The highest BCUT2D eigenvalue weighted by molar-refractivity contribution is 9.10. The van der Waals surface area contributed by atoms with E-state index in [0.29, 0.717) is 11.4 Å². The number of rotatable bonds is 5. The molecule has 1 heterocycles. The second-order valence-corrected chi connectivity index (χ2v) is 7.57. The van der Waals surface area contributed by atoms with Crippen LogP contribution in [-0.2, 0) is 4.79 Å². The van der Waals surface area contributed by atoms with Gasteiger partial charge in [0.15, 0.2) is 0 Å². The van der Waals surface area contributed by atoms with Crippen molar-refractivity contribution in [3.63, 3.8) is 0 Å². The number of carbonyl (C=O) groups is 2. The Morgan fingerprint density at radius 1 is 1.11 bits per heavy atom. The fourth-order valence-electron chi connectivity index (χ4n) is 2.88. The van der Waals surface area contributed by atoms with Crippen LogP contribution >= 0.6 is 15.9 Å². The quantitative estimate of drug-likeness (QED) is 0.624. The van der Waals surface area contributed by atoms with Crippen molar-refractivity contribution in [1.82, 2.24) is 15.1 Å². The van der Waals surface area contributed by atoms with Crippen LogP contribution in [0, 0.1) is 13.8 Å². The monoisotopic (exact) mass is 440 g/mol. The van der Waals surface area contributed by atoms with Crippen molar-refractivity contribution in [3.05, 3.63) is 69.8 Å². The molecule has 0 atom stereocenters. The first-order valence-corrected chi connectivity index (χ1v) is 9.57. The number of hydrogen-bond donors (Lipinski definition) is 2. The number of nitrogens with zero attached hydrogens (tertiary/aromatic N) is 2. The van der Waals surface area contributed by atoms with Gasteiger partial charge in [-0.15, -0.1) is 0 Å². The summed E-state index contributed by atoms with van der Waals surface area (Å²) in [5.74, 6) is -0.548. The highest BCUT2D eigenvalue weighted by Crippen LogP contribution is 2.21. The Hall–Kier alpha value is -2.93. The Morgan fingerprint density at radius 3 is 2.39 bits per heavy atom. The molecule has 2 aromatic carbocycles. The number of aromatic nitrogens is 2. The standard InChI is InChI=1S/C21H21BrN4O2/c1-13-5-4-6-14(2)20(13)23-19(27)12-26(3)21(28)18-11-17(24-25-18)15-7-9-16(22)10-8-15/h4-11H,12H2,1-3H3,(H,23,27)(H,24,25). The van der Waals surface area contributed by atoms with Gasteiger partial charge in [0.2, 0.25) is 5.91 Å². The summed E-state index contributed by atoms with van der Waals surface area (Å²) in [7, 11) is 1.59. The second kappa shape index (κ2) is 8.39. The highest BCUT2D eigenvalue weighted by atomic mass is 79.9. The fraction of sp³-hybridized carbons (Fsp3) is 0.190. The summed E-state index contributed by atoms with van der Waals surface area (Å²) >= 11 is 3.39. The van der Waals surface area contributed by atoms with Gasteiger partial charge in [-0.05, 0) is 43.2 Å². The number of benzene rings is 2. The minimum atomic E-state index is -0.299. The molecule has 0 fully saturated rings. The molecule has 0 saturated carbocycles. The van der Waals surface area contributed by atoms with Crippen molar-refractivity contribution in [1.29, 1.82) is 0 Å². The Bertz CT molecular complexity index is 991. The Kier molecular flexibility index (Phi) is 5.94. The molecule has 2 amide bonds. The summed E-state index contributed by atoms with van der Waals surface area (Å²) in [6.45, 7) is 3.82. The molecule has 144 valence electrons. The minimum absolute atomic E-state index is 0.0563. The van der Waals surface area contributed by atoms with Crippen LogP contribution in [0.1, 0.15) is 21.6 Å². The summed E-state index contributed by atoms with van der Waals surface area (Å²) in [5.41, 5.74) is 4.65. The van der Waals surface area contributed by atoms with Crippen LogP contribution in [0.3, 0.4) is 0 Å². The number of amides is 2. The normalized spacial score (nSPS) is 10.6. The van der Waals surface area contributed by atoms with E-state index in [1.807, 2.05) is 56.3 Å². The molecule has 0 unspecified atom stereocenters. The number of anilines is 1. The topological polar surface area (TPSA) is 78.1 Å². The van der Waals surface area contributed by atoms with Gasteiger partial charge in [0, 0.05) is 22.8 Å². The summed E-state index contributed by atoms with van der Waals surface area (Å²) in [6, 6.07) is 15.2. The smallest absolute Gasteiger partial charge is 0.272 e. The first kappa shape index (κ1) is 19.8. The van der Waals surface area contributed by atoms with Crippen LogP contribution in [0.4, 0.5) is 5.69 Å². The maximum absolute atomic E-state index is 12.6. The van der Waals surface area contributed by atoms with Gasteiger partial charge in [0.05, 0.1) is 12.2 Å². The molecule has 0 spiro atoms. The summed E-state index contributed by atoms with van der Waals surface area (Å²) < 4.78 is 0.970. The van der Waals surface area contributed by atoms with Crippen molar-refractivity contribution >= 4 is 33.4 Å². The Labute approximate surface area is 172 Å². The van der Waals surface area contributed by atoms with Crippen molar-refractivity contribution in [2.24, 2.45) is 0 Å².